The molecule has 1 aliphatic rings. The molecular formula is C28H26ClF4NO5S. The van der Waals surface area contributed by atoms with Gasteiger partial charge in [-0.05, 0) is 62.7 Å². The number of benzene rings is 3. The summed E-state index contributed by atoms with van der Waals surface area (Å²) < 4.78 is 94.6. The van der Waals surface area contributed by atoms with E-state index in [0.717, 1.165) is 22.5 Å². The summed E-state index contributed by atoms with van der Waals surface area (Å²) in [6.07, 6.45) is -5.31. The average molecular weight is 600 g/mol. The van der Waals surface area contributed by atoms with Crippen molar-refractivity contribution in [1.29, 1.82) is 0 Å². The van der Waals surface area contributed by atoms with Crippen LogP contribution in [0.1, 0.15) is 37.5 Å². The number of ketones is 1. The van der Waals surface area contributed by atoms with Crippen molar-refractivity contribution in [2.45, 2.75) is 56.6 Å². The SMILES string of the molecule is CC(=O)C(C)(C)OC1Cc2ccc(OCc3c(F)cccc3Cl)cc2N(S(=O)(=O)c2cccc(C(F)(F)F)c2)C1. The number of carbonyl (C=O) groups excluding carboxylic acids is 1. The minimum Gasteiger partial charge on any atom is -0.489 e. The van der Waals surface area contributed by atoms with Crippen LogP contribution in [0.2, 0.25) is 5.02 Å². The number of alkyl halides is 3. The molecule has 0 bridgehead atoms. The van der Waals surface area contributed by atoms with Crippen LogP contribution in [0.3, 0.4) is 0 Å². The number of ether oxygens (including phenoxy) is 2. The van der Waals surface area contributed by atoms with Gasteiger partial charge in [-0.25, -0.2) is 12.8 Å². The Hall–Kier alpha value is -3.15. The number of hydrogen-bond acceptors (Lipinski definition) is 5. The van der Waals surface area contributed by atoms with Gasteiger partial charge in [0.15, 0.2) is 5.78 Å². The lowest BCUT2D eigenvalue weighted by molar-refractivity contribution is -0.144. The molecule has 4 rings (SSSR count). The first-order chi connectivity index (χ1) is 18.6. The van der Waals surface area contributed by atoms with Crippen molar-refractivity contribution in [3.63, 3.8) is 0 Å². The molecule has 40 heavy (non-hydrogen) atoms. The van der Waals surface area contributed by atoms with Crippen LogP contribution in [0, 0.1) is 5.82 Å². The molecule has 1 heterocycles. The van der Waals surface area contributed by atoms with Crippen LogP contribution in [-0.2, 0) is 38.8 Å². The molecule has 0 saturated heterocycles. The van der Waals surface area contributed by atoms with Crippen molar-refractivity contribution in [3.8, 4) is 5.75 Å². The summed E-state index contributed by atoms with van der Waals surface area (Å²) in [6.45, 7) is 3.94. The summed E-state index contributed by atoms with van der Waals surface area (Å²) in [5.41, 5.74) is -1.57. The second-order valence-corrected chi connectivity index (χ2v) is 12.1. The summed E-state index contributed by atoms with van der Waals surface area (Å²) in [6, 6.07) is 12.2. The fourth-order valence-electron chi connectivity index (χ4n) is 4.22. The maximum absolute atomic E-state index is 14.2. The van der Waals surface area contributed by atoms with E-state index >= 15 is 0 Å². The van der Waals surface area contributed by atoms with E-state index in [0.29, 0.717) is 11.6 Å². The predicted octanol–water partition coefficient (Wildman–Crippen LogP) is 6.58. The Balaban J connectivity index is 1.74. The molecule has 1 atom stereocenters. The van der Waals surface area contributed by atoms with E-state index in [1.54, 1.807) is 26.0 Å². The minimum atomic E-state index is -4.75. The van der Waals surface area contributed by atoms with Crippen molar-refractivity contribution < 1.29 is 40.2 Å². The van der Waals surface area contributed by atoms with E-state index in [4.69, 9.17) is 21.1 Å². The highest BCUT2D eigenvalue weighted by atomic mass is 35.5. The molecular weight excluding hydrogens is 574 g/mol. The molecule has 1 aliphatic heterocycles. The van der Waals surface area contributed by atoms with Gasteiger partial charge in [0.05, 0.1) is 33.8 Å². The predicted molar refractivity (Wildman–Crippen MR) is 141 cm³/mol. The number of Topliss-reactive ketones (excluding diaryl/α,β-unsaturated/α-hetero) is 1. The molecule has 0 amide bonds. The molecule has 0 radical (unpaired) electrons. The molecule has 214 valence electrons. The van der Waals surface area contributed by atoms with Crippen molar-refractivity contribution in [1.82, 2.24) is 0 Å². The fourth-order valence-corrected chi connectivity index (χ4v) is 6.01. The second kappa shape index (κ2) is 11.0. The van der Waals surface area contributed by atoms with E-state index < -0.39 is 44.2 Å². The average Bonchev–Trinajstić information content (AvgIpc) is 2.87. The van der Waals surface area contributed by atoms with Gasteiger partial charge in [0.2, 0.25) is 0 Å². The van der Waals surface area contributed by atoms with Crippen LogP contribution in [0.5, 0.6) is 5.75 Å². The van der Waals surface area contributed by atoms with E-state index in [2.05, 4.69) is 0 Å². The fraction of sp³-hybridized carbons (Fsp3) is 0.321. The second-order valence-electron chi connectivity index (χ2n) is 9.85. The Bertz CT molecular complexity index is 1520. The zero-order chi connectivity index (χ0) is 29.5. The molecule has 1 unspecified atom stereocenters. The highest BCUT2D eigenvalue weighted by molar-refractivity contribution is 7.92. The molecule has 0 saturated carbocycles. The molecule has 6 nitrogen and oxygen atoms in total. The van der Waals surface area contributed by atoms with Gasteiger partial charge < -0.3 is 9.47 Å². The molecule has 0 N–H and O–H groups in total. The quantitative estimate of drug-likeness (QED) is 0.274. The first kappa shape index (κ1) is 29.8. The maximum atomic E-state index is 14.2. The van der Waals surface area contributed by atoms with Crippen LogP contribution in [0.15, 0.2) is 65.6 Å². The lowest BCUT2D eigenvalue weighted by atomic mass is 9.99. The van der Waals surface area contributed by atoms with E-state index in [1.807, 2.05) is 0 Å². The van der Waals surface area contributed by atoms with Crippen LogP contribution in [0.25, 0.3) is 0 Å². The van der Waals surface area contributed by atoms with Gasteiger partial charge >= 0.3 is 6.18 Å². The first-order valence-corrected chi connectivity index (χ1v) is 14.0. The topological polar surface area (TPSA) is 72.9 Å². The highest BCUT2D eigenvalue weighted by Gasteiger charge is 2.39. The van der Waals surface area contributed by atoms with Gasteiger partial charge in [-0.2, -0.15) is 13.2 Å². The molecule has 0 spiro atoms. The van der Waals surface area contributed by atoms with E-state index in [-0.39, 0.29) is 47.4 Å². The third kappa shape index (κ3) is 6.26. The summed E-state index contributed by atoms with van der Waals surface area (Å²) >= 11 is 6.07. The van der Waals surface area contributed by atoms with Gasteiger partial charge in [0.1, 0.15) is 23.8 Å². The van der Waals surface area contributed by atoms with Gasteiger partial charge in [0.25, 0.3) is 10.0 Å². The Morgan fingerprint density at radius 2 is 1.77 bits per heavy atom. The third-order valence-electron chi connectivity index (χ3n) is 6.65. The number of halogens is 5. The van der Waals surface area contributed by atoms with Crippen molar-refractivity contribution in [2.75, 3.05) is 10.8 Å². The Morgan fingerprint density at radius 1 is 1.07 bits per heavy atom. The molecule has 3 aromatic rings. The van der Waals surface area contributed by atoms with Crippen molar-refractivity contribution in [3.05, 3.63) is 88.2 Å². The van der Waals surface area contributed by atoms with Gasteiger partial charge in [-0.1, -0.05) is 29.8 Å². The van der Waals surface area contributed by atoms with Gasteiger partial charge in [-0.15, -0.1) is 0 Å². The lowest BCUT2D eigenvalue weighted by Gasteiger charge is -2.38. The number of anilines is 1. The molecule has 0 aromatic heterocycles. The van der Waals surface area contributed by atoms with Crippen LogP contribution >= 0.6 is 11.6 Å². The highest BCUT2D eigenvalue weighted by Crippen LogP contribution is 2.38. The summed E-state index contributed by atoms with van der Waals surface area (Å²) in [5, 5.41) is 0.153. The largest absolute Gasteiger partial charge is 0.489 e. The summed E-state index contributed by atoms with van der Waals surface area (Å²) in [4.78, 5) is 11.5. The van der Waals surface area contributed by atoms with Crippen molar-refractivity contribution >= 4 is 33.1 Å². The molecule has 12 heteroatoms. The number of sulfonamides is 1. The zero-order valence-corrected chi connectivity index (χ0v) is 23.3. The Morgan fingerprint density at radius 3 is 2.42 bits per heavy atom. The Kier molecular flexibility index (Phi) is 8.22. The first-order valence-electron chi connectivity index (χ1n) is 12.2. The minimum absolute atomic E-state index is 0.107. The zero-order valence-electron chi connectivity index (χ0n) is 21.8. The van der Waals surface area contributed by atoms with Crippen LogP contribution in [0.4, 0.5) is 23.2 Å². The number of hydrogen-bond donors (Lipinski definition) is 0. The normalized spacial score (nSPS) is 16.0. The van der Waals surface area contributed by atoms with Crippen LogP contribution in [-0.4, -0.2) is 32.5 Å². The number of nitrogens with zero attached hydrogens (tertiary/aromatic N) is 1. The number of fused-ring (bicyclic) bond motifs is 1. The summed E-state index contributed by atoms with van der Waals surface area (Å²) in [7, 11) is -4.53. The van der Waals surface area contributed by atoms with Gasteiger partial charge in [-0.3, -0.25) is 9.10 Å². The number of rotatable bonds is 8. The van der Waals surface area contributed by atoms with E-state index in [9.17, 15) is 30.8 Å². The number of carbonyl (C=O) groups is 1. The monoisotopic (exact) mass is 599 g/mol. The van der Waals surface area contributed by atoms with E-state index in [1.165, 1.54) is 31.2 Å². The van der Waals surface area contributed by atoms with Crippen LogP contribution < -0.4 is 9.04 Å². The third-order valence-corrected chi connectivity index (χ3v) is 8.78. The lowest BCUT2D eigenvalue weighted by Crippen LogP contribution is -2.48. The molecule has 0 fully saturated rings. The van der Waals surface area contributed by atoms with Crippen molar-refractivity contribution in [2.24, 2.45) is 0 Å². The molecule has 0 aliphatic carbocycles. The smallest absolute Gasteiger partial charge is 0.416 e. The Labute approximate surface area is 234 Å². The molecule has 3 aromatic carbocycles. The van der Waals surface area contributed by atoms with Gasteiger partial charge in [0, 0.05) is 18.1 Å². The summed E-state index contributed by atoms with van der Waals surface area (Å²) in [5.74, 6) is -0.667. The maximum Gasteiger partial charge on any atom is 0.416 e. The standard InChI is InChI=1S/C28H26ClF4NO5S/c1-17(35)27(2,3)39-21-12-18-10-11-20(38-16-23-24(29)8-5-9-25(23)30)14-26(18)34(15-21)40(36,37)22-7-4-6-19(13-22)28(31,32)33/h4-11,13-14,21H,12,15-16H2,1-3H3.